The molecule has 0 aliphatic carbocycles. The molecule has 1 fully saturated rings. The number of benzene rings is 2. The summed E-state index contributed by atoms with van der Waals surface area (Å²) in [6.07, 6.45) is -8.00. The van der Waals surface area contributed by atoms with Crippen LogP contribution < -0.4 is 9.47 Å². The van der Waals surface area contributed by atoms with Crippen LogP contribution in [0.3, 0.4) is 0 Å². The number of nitrogens with zero attached hydrogens (tertiary/aromatic N) is 2. The number of pyridine rings is 1. The molecule has 1 saturated heterocycles. The van der Waals surface area contributed by atoms with Crippen LogP contribution in [0, 0.1) is 5.82 Å². The first-order valence-electron chi connectivity index (χ1n) is 10.2. The van der Waals surface area contributed by atoms with Crippen LogP contribution in [-0.2, 0) is 4.79 Å². The third-order valence-corrected chi connectivity index (χ3v) is 5.32. The molecular formula is C23H16F6N2O4. The number of carbonyl (C=O) groups is 2. The fraction of sp³-hybridized carbons (Fsp3) is 0.261. The van der Waals surface area contributed by atoms with Crippen molar-refractivity contribution in [2.24, 2.45) is 0 Å². The van der Waals surface area contributed by atoms with Gasteiger partial charge >= 0.3 is 12.1 Å². The molecule has 0 radical (unpaired) electrons. The molecule has 0 N–H and O–H groups in total. The molecule has 1 aliphatic rings. The van der Waals surface area contributed by atoms with E-state index in [1.165, 1.54) is 6.07 Å². The van der Waals surface area contributed by atoms with Gasteiger partial charge in [0.25, 0.3) is 11.8 Å². The highest BCUT2D eigenvalue weighted by Crippen LogP contribution is 2.33. The molecule has 2 aromatic carbocycles. The molecule has 184 valence electrons. The van der Waals surface area contributed by atoms with E-state index in [2.05, 4.69) is 9.72 Å². The average molecular weight is 498 g/mol. The number of ether oxygens (including phenoxy) is 2. The quantitative estimate of drug-likeness (QED) is 0.295. The molecule has 0 bridgehead atoms. The Kier molecular flexibility index (Phi) is 6.30. The van der Waals surface area contributed by atoms with Crippen molar-refractivity contribution < 1.29 is 45.4 Å². The van der Waals surface area contributed by atoms with Crippen molar-refractivity contribution in [2.75, 3.05) is 13.1 Å². The predicted molar refractivity (Wildman–Crippen MR) is 110 cm³/mol. The maximum atomic E-state index is 14.7. The number of amides is 1. The highest BCUT2D eigenvalue weighted by atomic mass is 19.4. The number of hydrogen-bond donors (Lipinski definition) is 0. The minimum Gasteiger partial charge on any atom is -0.466 e. The summed E-state index contributed by atoms with van der Waals surface area (Å²) in [6.45, 7) is -1.12. The zero-order valence-electron chi connectivity index (χ0n) is 17.7. The number of esters is 1. The van der Waals surface area contributed by atoms with E-state index in [-0.39, 0.29) is 5.88 Å². The Morgan fingerprint density at radius 1 is 1.03 bits per heavy atom. The van der Waals surface area contributed by atoms with Crippen molar-refractivity contribution in [1.82, 2.24) is 9.88 Å². The van der Waals surface area contributed by atoms with Gasteiger partial charge in [0, 0.05) is 24.4 Å². The summed E-state index contributed by atoms with van der Waals surface area (Å²) in [5, 5.41) is 0.758. The normalized spacial score (nSPS) is 17.8. The van der Waals surface area contributed by atoms with E-state index in [0.717, 1.165) is 28.5 Å². The van der Waals surface area contributed by atoms with E-state index in [1.807, 2.05) is 0 Å². The number of alkyl halides is 5. The zero-order valence-corrected chi connectivity index (χ0v) is 17.7. The van der Waals surface area contributed by atoms with Gasteiger partial charge in [0.2, 0.25) is 5.88 Å². The zero-order chi connectivity index (χ0) is 25.4. The molecule has 1 unspecified atom stereocenters. The van der Waals surface area contributed by atoms with Crippen LogP contribution in [0.1, 0.15) is 16.8 Å². The molecule has 12 heteroatoms. The summed E-state index contributed by atoms with van der Waals surface area (Å²) in [7, 11) is 0. The molecule has 0 spiro atoms. The van der Waals surface area contributed by atoms with Crippen molar-refractivity contribution in [3.05, 3.63) is 66.0 Å². The number of likely N-dealkylation sites (tertiary alicyclic amines) is 1. The molecule has 2 heterocycles. The van der Waals surface area contributed by atoms with Crippen molar-refractivity contribution in [3.8, 4) is 11.6 Å². The lowest BCUT2D eigenvalue weighted by atomic mass is 10.0. The van der Waals surface area contributed by atoms with Gasteiger partial charge in [-0.2, -0.15) is 13.2 Å². The van der Waals surface area contributed by atoms with Gasteiger partial charge in [0.1, 0.15) is 0 Å². The first-order valence-corrected chi connectivity index (χ1v) is 10.2. The van der Waals surface area contributed by atoms with Gasteiger partial charge < -0.3 is 14.4 Å². The number of piperidine rings is 1. The summed E-state index contributed by atoms with van der Waals surface area (Å²) >= 11 is 0. The van der Waals surface area contributed by atoms with Gasteiger partial charge in [-0.05, 0) is 24.3 Å². The largest absolute Gasteiger partial charge is 0.491 e. The highest BCUT2D eigenvalue weighted by Gasteiger charge is 2.48. The summed E-state index contributed by atoms with van der Waals surface area (Å²) in [6, 6.07) is 12.6. The van der Waals surface area contributed by atoms with Crippen LogP contribution in [0.5, 0.6) is 11.6 Å². The summed E-state index contributed by atoms with van der Waals surface area (Å²) in [4.78, 5) is 28.9. The Morgan fingerprint density at radius 3 is 2.51 bits per heavy atom. The Bertz CT molecular complexity index is 1280. The summed E-state index contributed by atoms with van der Waals surface area (Å²) < 4.78 is 90.5. The van der Waals surface area contributed by atoms with Crippen LogP contribution >= 0.6 is 0 Å². The molecule has 4 rings (SSSR count). The standard InChI is InChI=1S/C23H16F6N2O4/c24-19-14(5-3-7-16(19)34-21(33)23(27,28)29)20(32)31-11-10-22(25,26)17(12-31)35-18-9-8-13-4-1-2-6-15(13)30-18/h1-9,17H,10-12H2. The van der Waals surface area contributed by atoms with Crippen LogP contribution in [0.25, 0.3) is 10.9 Å². The Balaban J connectivity index is 1.54. The van der Waals surface area contributed by atoms with E-state index >= 15 is 0 Å². The maximum absolute atomic E-state index is 14.7. The number of halogens is 6. The molecule has 3 aromatic rings. The van der Waals surface area contributed by atoms with E-state index < -0.39 is 66.7 Å². The van der Waals surface area contributed by atoms with Gasteiger partial charge in [0.05, 0.1) is 17.6 Å². The Hall–Kier alpha value is -3.83. The second-order valence-electron chi connectivity index (χ2n) is 7.72. The maximum Gasteiger partial charge on any atom is 0.491 e. The number of fused-ring (bicyclic) bond motifs is 1. The topological polar surface area (TPSA) is 68.7 Å². The molecule has 1 aliphatic heterocycles. The van der Waals surface area contributed by atoms with Crippen molar-refractivity contribution in [3.63, 3.8) is 0 Å². The predicted octanol–water partition coefficient (Wildman–Crippen LogP) is 4.77. The van der Waals surface area contributed by atoms with Gasteiger partial charge in [0.15, 0.2) is 17.7 Å². The third kappa shape index (κ3) is 5.15. The fourth-order valence-electron chi connectivity index (χ4n) is 3.52. The first kappa shape index (κ1) is 24.3. The molecule has 0 saturated carbocycles. The first-order chi connectivity index (χ1) is 16.5. The van der Waals surface area contributed by atoms with Crippen molar-refractivity contribution in [1.29, 1.82) is 0 Å². The third-order valence-electron chi connectivity index (χ3n) is 5.32. The molecule has 35 heavy (non-hydrogen) atoms. The Labute approximate surface area is 194 Å². The fourth-order valence-corrected chi connectivity index (χ4v) is 3.52. The summed E-state index contributed by atoms with van der Waals surface area (Å²) in [5.41, 5.74) is -0.241. The molecule has 6 nitrogen and oxygen atoms in total. The number of carbonyl (C=O) groups excluding carboxylic acids is 2. The molecule has 1 atom stereocenters. The lowest BCUT2D eigenvalue weighted by molar-refractivity contribution is -0.189. The van der Waals surface area contributed by atoms with E-state index in [1.54, 1.807) is 30.3 Å². The molecule has 1 amide bonds. The van der Waals surface area contributed by atoms with Gasteiger partial charge in [-0.3, -0.25) is 4.79 Å². The lowest BCUT2D eigenvalue weighted by Gasteiger charge is -2.38. The Morgan fingerprint density at radius 2 is 1.77 bits per heavy atom. The van der Waals surface area contributed by atoms with Crippen LogP contribution in [0.2, 0.25) is 0 Å². The number of hydrogen-bond acceptors (Lipinski definition) is 5. The second-order valence-corrected chi connectivity index (χ2v) is 7.72. The minimum atomic E-state index is -5.38. The van der Waals surface area contributed by atoms with Gasteiger partial charge in [-0.15, -0.1) is 0 Å². The molecular weight excluding hydrogens is 482 g/mol. The monoisotopic (exact) mass is 498 g/mol. The van der Waals surface area contributed by atoms with Crippen molar-refractivity contribution in [2.45, 2.75) is 24.6 Å². The second kappa shape index (κ2) is 9.08. The molecule has 1 aromatic heterocycles. The van der Waals surface area contributed by atoms with E-state index in [9.17, 15) is 35.9 Å². The minimum absolute atomic E-state index is 0.102. The summed E-state index contributed by atoms with van der Waals surface area (Å²) in [5.74, 6) is -9.84. The van der Waals surface area contributed by atoms with E-state index in [0.29, 0.717) is 5.52 Å². The number of aromatic nitrogens is 1. The smallest absolute Gasteiger partial charge is 0.466 e. The number of rotatable bonds is 4. The number of para-hydroxylation sites is 1. The van der Waals surface area contributed by atoms with Crippen LogP contribution in [-0.4, -0.2) is 53.1 Å². The SMILES string of the molecule is O=C(c1cccc(OC(=O)C(F)(F)F)c1F)N1CCC(F)(F)C(Oc2ccc3ccccc3n2)C1. The van der Waals surface area contributed by atoms with E-state index in [4.69, 9.17) is 4.74 Å². The van der Waals surface area contributed by atoms with Crippen LogP contribution in [0.4, 0.5) is 26.3 Å². The average Bonchev–Trinajstić information content (AvgIpc) is 2.80. The highest BCUT2D eigenvalue weighted by molar-refractivity contribution is 5.95. The van der Waals surface area contributed by atoms with Crippen molar-refractivity contribution >= 4 is 22.8 Å². The van der Waals surface area contributed by atoms with Gasteiger partial charge in [-0.25, -0.2) is 22.9 Å². The van der Waals surface area contributed by atoms with Gasteiger partial charge in [-0.1, -0.05) is 24.3 Å². The lowest BCUT2D eigenvalue weighted by Crippen LogP contribution is -2.55. The van der Waals surface area contributed by atoms with Crippen LogP contribution in [0.15, 0.2) is 54.6 Å².